The lowest BCUT2D eigenvalue weighted by Gasteiger charge is -2.15. The van der Waals surface area contributed by atoms with Gasteiger partial charge in [0.15, 0.2) is 0 Å². The molecule has 0 heterocycles. The van der Waals surface area contributed by atoms with Crippen LogP contribution in [0.25, 0.3) is 0 Å². The zero-order valence-corrected chi connectivity index (χ0v) is 15.8. The van der Waals surface area contributed by atoms with Gasteiger partial charge in [-0.15, -0.1) is 0 Å². The number of aryl methyl sites for hydroxylation is 2. The average Bonchev–Trinajstić information content (AvgIpc) is 2.55. The predicted octanol–water partition coefficient (Wildman–Crippen LogP) is 4.63. The molecule has 0 spiro atoms. The highest BCUT2D eigenvalue weighted by atomic mass is 35.5. The van der Waals surface area contributed by atoms with Gasteiger partial charge in [-0.2, -0.15) is 0 Å². The van der Waals surface area contributed by atoms with Crippen molar-refractivity contribution in [2.24, 2.45) is 0 Å². The topological polar surface area (TPSA) is 0 Å². The molecule has 1 atom stereocenters. The average molecular weight is 329 g/mol. The normalized spacial score (nSPS) is 12.4. The van der Waals surface area contributed by atoms with Crippen LogP contribution in [0.15, 0.2) is 36.4 Å². The molecular weight excluding hydrogens is 304 g/mol. The first-order chi connectivity index (χ1) is 10.6. The fourth-order valence-corrected chi connectivity index (χ4v) is 4.36. The highest BCUT2D eigenvalue weighted by Crippen LogP contribution is 2.24. The van der Waals surface area contributed by atoms with Gasteiger partial charge in [0.2, 0.25) is 0 Å². The smallest absolute Gasteiger partial charge is 0.0842 e. The van der Waals surface area contributed by atoms with Crippen molar-refractivity contribution in [1.82, 2.24) is 0 Å². The van der Waals surface area contributed by atoms with Crippen LogP contribution in [-0.4, -0.2) is 9.52 Å². The molecule has 0 amide bonds. The van der Waals surface area contributed by atoms with Crippen LogP contribution in [0.5, 0.6) is 0 Å². The Balaban J connectivity index is 2.35. The second kappa shape index (κ2) is 7.98. The highest BCUT2D eigenvalue weighted by molar-refractivity contribution is 6.70. The van der Waals surface area contributed by atoms with E-state index in [1.54, 1.807) is 0 Å². The van der Waals surface area contributed by atoms with E-state index < -0.39 is 0 Å². The second-order valence-electron chi connectivity index (χ2n) is 5.89. The predicted molar refractivity (Wildman–Crippen MR) is 100 cm³/mol. The Kier molecular flexibility index (Phi) is 6.28. The van der Waals surface area contributed by atoms with Crippen LogP contribution in [-0.2, 0) is 12.8 Å². The maximum absolute atomic E-state index is 6.69. The first kappa shape index (κ1) is 17.3. The third-order valence-electron chi connectivity index (χ3n) is 4.32. The van der Waals surface area contributed by atoms with Gasteiger partial charge in [0, 0.05) is 5.02 Å². The molecule has 0 bridgehead atoms. The van der Waals surface area contributed by atoms with Crippen LogP contribution in [0, 0.1) is 0 Å². The number of benzene rings is 2. The maximum atomic E-state index is 6.69. The Bertz CT molecular complexity index is 611. The molecule has 0 saturated carbocycles. The molecule has 2 aromatic carbocycles. The van der Waals surface area contributed by atoms with E-state index in [0.29, 0.717) is 15.4 Å². The van der Waals surface area contributed by atoms with Crippen LogP contribution in [0.1, 0.15) is 56.7 Å². The summed E-state index contributed by atoms with van der Waals surface area (Å²) in [5, 5.41) is 3.64. The van der Waals surface area contributed by atoms with Crippen molar-refractivity contribution < 1.29 is 0 Å². The fourth-order valence-electron chi connectivity index (χ4n) is 2.65. The minimum atomic E-state index is 0.519. The van der Waals surface area contributed by atoms with E-state index in [9.17, 15) is 0 Å². The zero-order valence-electron chi connectivity index (χ0n) is 14.0. The van der Waals surface area contributed by atoms with Crippen molar-refractivity contribution in [3.8, 4) is 0 Å². The minimum Gasteiger partial charge on any atom is -0.0842 e. The van der Waals surface area contributed by atoms with Gasteiger partial charge in [-0.3, -0.25) is 0 Å². The Morgan fingerprint density at radius 2 is 1.64 bits per heavy atom. The van der Waals surface area contributed by atoms with Gasteiger partial charge in [-0.05, 0) is 47.1 Å². The summed E-state index contributed by atoms with van der Waals surface area (Å²) in [6.07, 6.45) is 3.30. The summed E-state index contributed by atoms with van der Waals surface area (Å²) in [6, 6.07) is 13.5. The molecule has 0 fully saturated rings. The Labute approximate surface area is 142 Å². The van der Waals surface area contributed by atoms with Crippen LogP contribution < -0.4 is 10.4 Å². The molecule has 0 aromatic heterocycles. The SMILES string of the molecule is CCc1cc(CC)cc([Si]c2cccc(C(C)CC)c2Cl)c1. The summed E-state index contributed by atoms with van der Waals surface area (Å²) >= 11 is 6.69. The fraction of sp³-hybridized carbons (Fsp3) is 0.400. The van der Waals surface area contributed by atoms with E-state index in [-0.39, 0.29) is 0 Å². The first-order valence-electron chi connectivity index (χ1n) is 8.27. The summed E-state index contributed by atoms with van der Waals surface area (Å²) in [4.78, 5) is 0. The van der Waals surface area contributed by atoms with E-state index in [1.807, 2.05) is 0 Å². The third kappa shape index (κ3) is 4.02. The van der Waals surface area contributed by atoms with E-state index in [1.165, 1.54) is 27.1 Å². The Morgan fingerprint density at radius 1 is 1.00 bits per heavy atom. The van der Waals surface area contributed by atoms with Gasteiger partial charge in [0.25, 0.3) is 0 Å². The molecule has 22 heavy (non-hydrogen) atoms. The maximum Gasteiger partial charge on any atom is 0.123 e. The molecule has 116 valence electrons. The first-order valence-corrected chi connectivity index (χ1v) is 9.65. The van der Waals surface area contributed by atoms with Crippen LogP contribution in [0.3, 0.4) is 0 Å². The van der Waals surface area contributed by atoms with Gasteiger partial charge >= 0.3 is 0 Å². The quantitative estimate of drug-likeness (QED) is 0.678. The van der Waals surface area contributed by atoms with Crippen molar-refractivity contribution in [1.29, 1.82) is 0 Å². The number of hydrogen-bond donors (Lipinski definition) is 0. The van der Waals surface area contributed by atoms with Crippen molar-refractivity contribution in [2.45, 2.75) is 52.9 Å². The van der Waals surface area contributed by atoms with Crippen molar-refractivity contribution in [3.05, 3.63) is 58.1 Å². The van der Waals surface area contributed by atoms with E-state index in [0.717, 1.165) is 24.3 Å². The number of hydrogen-bond acceptors (Lipinski definition) is 0. The largest absolute Gasteiger partial charge is 0.123 e. The molecule has 0 aliphatic rings. The Hall–Kier alpha value is -1.05. The standard InChI is InChI=1S/C20H25ClSi/c1-5-14(4)18-9-8-10-19(20(18)21)22-17-12-15(6-2)11-16(7-3)13-17/h8-14H,5-7H2,1-4H3. The lowest BCUT2D eigenvalue weighted by molar-refractivity contribution is 0.734. The lowest BCUT2D eigenvalue weighted by atomic mass is 9.99. The van der Waals surface area contributed by atoms with E-state index in [4.69, 9.17) is 11.6 Å². The summed E-state index contributed by atoms with van der Waals surface area (Å²) in [5.74, 6) is 0.519. The van der Waals surface area contributed by atoms with Crippen LogP contribution in [0.2, 0.25) is 5.02 Å². The minimum absolute atomic E-state index is 0.519. The molecule has 0 saturated heterocycles. The highest BCUT2D eigenvalue weighted by Gasteiger charge is 2.12. The zero-order chi connectivity index (χ0) is 16.1. The van der Waals surface area contributed by atoms with Gasteiger partial charge in [-0.25, -0.2) is 0 Å². The van der Waals surface area contributed by atoms with Crippen molar-refractivity contribution >= 4 is 31.5 Å². The van der Waals surface area contributed by atoms with Crippen LogP contribution in [0.4, 0.5) is 0 Å². The molecule has 2 rings (SSSR count). The molecule has 2 heteroatoms. The molecular formula is C20H25ClSi. The Morgan fingerprint density at radius 3 is 2.18 bits per heavy atom. The molecule has 1 unspecified atom stereocenters. The number of rotatable bonds is 6. The summed E-state index contributed by atoms with van der Waals surface area (Å²) in [5.41, 5.74) is 4.14. The van der Waals surface area contributed by atoms with Gasteiger partial charge in [-0.1, -0.05) is 80.9 Å². The molecule has 2 aromatic rings. The van der Waals surface area contributed by atoms with Gasteiger partial charge < -0.3 is 0 Å². The van der Waals surface area contributed by atoms with E-state index in [2.05, 4.69) is 64.1 Å². The molecule has 0 nitrogen and oxygen atoms in total. The molecule has 0 N–H and O–H groups in total. The monoisotopic (exact) mass is 328 g/mol. The molecule has 0 aliphatic heterocycles. The van der Waals surface area contributed by atoms with Crippen molar-refractivity contribution in [3.63, 3.8) is 0 Å². The number of halogens is 1. The van der Waals surface area contributed by atoms with Gasteiger partial charge in [0.05, 0.1) is 0 Å². The van der Waals surface area contributed by atoms with Crippen molar-refractivity contribution in [2.75, 3.05) is 0 Å². The molecule has 2 radical (unpaired) electrons. The molecule has 0 aliphatic carbocycles. The van der Waals surface area contributed by atoms with Gasteiger partial charge in [0.1, 0.15) is 9.52 Å². The summed E-state index contributed by atoms with van der Waals surface area (Å²) < 4.78 is 0. The summed E-state index contributed by atoms with van der Waals surface area (Å²) in [7, 11) is 0.633. The lowest BCUT2D eigenvalue weighted by Crippen LogP contribution is -2.29. The van der Waals surface area contributed by atoms with Crippen LogP contribution >= 0.6 is 11.6 Å². The summed E-state index contributed by atoms with van der Waals surface area (Å²) in [6.45, 7) is 8.91. The second-order valence-corrected chi connectivity index (χ2v) is 7.63. The van der Waals surface area contributed by atoms with E-state index >= 15 is 0 Å². The third-order valence-corrected chi connectivity index (χ3v) is 6.16.